The maximum atomic E-state index is 12.5. The Hall–Kier alpha value is -1.28. The molecule has 0 aliphatic rings. The van der Waals surface area contributed by atoms with E-state index in [1.54, 1.807) is 31.4 Å². The fraction of sp³-hybridized carbons (Fsp3) is 0.286. The van der Waals surface area contributed by atoms with Crippen LogP contribution in [-0.4, -0.2) is 34.0 Å². The highest BCUT2D eigenvalue weighted by Crippen LogP contribution is 2.30. The number of ether oxygens (including phenoxy) is 2. The maximum absolute atomic E-state index is 12.5. The quantitative estimate of drug-likeness (QED) is 0.792. The minimum Gasteiger partial charge on any atom is -0.497 e. The van der Waals surface area contributed by atoms with E-state index < -0.39 is 10.0 Å². The second-order valence-corrected chi connectivity index (χ2v) is 8.48. The molecular weight excluding hydrogens is 346 g/mol. The number of benzene rings is 1. The third-order valence-corrected chi connectivity index (χ3v) is 6.60. The lowest BCUT2D eigenvalue weighted by atomic mass is 10.2. The predicted octanol–water partition coefficient (Wildman–Crippen LogP) is 3.24. The molecule has 0 fully saturated rings. The first-order valence-corrected chi connectivity index (χ1v) is 8.94. The summed E-state index contributed by atoms with van der Waals surface area (Å²) in [7, 11) is 1.04. The molecule has 0 aliphatic heterocycles. The molecule has 2 rings (SSSR count). The number of thiophene rings is 1. The van der Waals surface area contributed by atoms with Crippen molar-refractivity contribution in [2.45, 2.75) is 10.8 Å². The first-order valence-electron chi connectivity index (χ1n) is 6.31. The van der Waals surface area contributed by atoms with Gasteiger partial charge in [-0.25, -0.2) is 8.42 Å². The molecule has 0 atom stereocenters. The van der Waals surface area contributed by atoms with Crippen LogP contribution in [0.1, 0.15) is 5.56 Å². The molecule has 0 N–H and O–H groups in total. The summed E-state index contributed by atoms with van der Waals surface area (Å²) in [5.41, 5.74) is 0.747. The van der Waals surface area contributed by atoms with Gasteiger partial charge in [-0.15, -0.1) is 11.3 Å². The van der Waals surface area contributed by atoms with Crippen molar-refractivity contribution in [1.82, 2.24) is 4.31 Å². The fourth-order valence-corrected chi connectivity index (χ4v) is 4.74. The van der Waals surface area contributed by atoms with Gasteiger partial charge in [-0.2, -0.15) is 4.31 Å². The molecule has 0 aliphatic carbocycles. The number of sulfonamides is 1. The van der Waals surface area contributed by atoms with Gasteiger partial charge in [-0.05, 0) is 18.2 Å². The molecule has 0 unspecified atom stereocenters. The minimum absolute atomic E-state index is 0.186. The van der Waals surface area contributed by atoms with Crippen LogP contribution in [0.2, 0.25) is 4.34 Å². The maximum Gasteiger partial charge on any atom is 0.252 e. The van der Waals surface area contributed by atoms with Crippen LogP contribution in [-0.2, 0) is 16.6 Å². The van der Waals surface area contributed by atoms with Gasteiger partial charge in [0.1, 0.15) is 15.7 Å². The molecule has 1 aromatic heterocycles. The third kappa shape index (κ3) is 3.55. The van der Waals surface area contributed by atoms with E-state index in [0.717, 1.165) is 16.9 Å². The van der Waals surface area contributed by atoms with Crippen molar-refractivity contribution < 1.29 is 17.9 Å². The Morgan fingerprint density at radius 2 is 1.91 bits per heavy atom. The zero-order valence-electron chi connectivity index (χ0n) is 12.4. The molecule has 0 bridgehead atoms. The van der Waals surface area contributed by atoms with E-state index in [4.69, 9.17) is 21.1 Å². The molecule has 22 heavy (non-hydrogen) atoms. The highest BCUT2D eigenvalue weighted by molar-refractivity contribution is 7.91. The Bertz CT molecular complexity index is 758. The smallest absolute Gasteiger partial charge is 0.252 e. The molecule has 0 amide bonds. The zero-order valence-corrected chi connectivity index (χ0v) is 14.8. The second kappa shape index (κ2) is 6.87. The summed E-state index contributed by atoms with van der Waals surface area (Å²) in [6, 6.07) is 8.34. The summed E-state index contributed by atoms with van der Waals surface area (Å²) in [6.45, 7) is 0.186. The van der Waals surface area contributed by atoms with Gasteiger partial charge >= 0.3 is 0 Å². The van der Waals surface area contributed by atoms with Crippen molar-refractivity contribution in [3.05, 3.63) is 40.2 Å². The van der Waals surface area contributed by atoms with Gasteiger partial charge in [0.15, 0.2) is 0 Å². The highest BCUT2D eigenvalue weighted by Gasteiger charge is 2.23. The van der Waals surface area contributed by atoms with Crippen LogP contribution in [0.3, 0.4) is 0 Å². The molecule has 0 saturated heterocycles. The molecule has 5 nitrogen and oxygen atoms in total. The second-order valence-electron chi connectivity index (χ2n) is 4.50. The Kier molecular flexibility index (Phi) is 5.33. The Labute approximate surface area is 139 Å². The number of hydrogen-bond donors (Lipinski definition) is 0. The molecule has 2 aromatic rings. The molecule has 8 heteroatoms. The van der Waals surface area contributed by atoms with Crippen LogP contribution in [0.5, 0.6) is 11.5 Å². The van der Waals surface area contributed by atoms with Gasteiger partial charge in [-0.1, -0.05) is 17.7 Å². The molecular formula is C14H16ClNO4S2. The summed E-state index contributed by atoms with van der Waals surface area (Å²) in [6.07, 6.45) is 0. The topological polar surface area (TPSA) is 55.8 Å². The lowest BCUT2D eigenvalue weighted by Gasteiger charge is -2.18. The van der Waals surface area contributed by atoms with Crippen LogP contribution in [0.25, 0.3) is 0 Å². The first-order chi connectivity index (χ1) is 10.4. The summed E-state index contributed by atoms with van der Waals surface area (Å²) >= 11 is 6.85. The summed E-state index contributed by atoms with van der Waals surface area (Å²) in [5, 5.41) is 0. The Morgan fingerprint density at radius 1 is 1.18 bits per heavy atom. The van der Waals surface area contributed by atoms with E-state index in [9.17, 15) is 8.42 Å². The number of hydrogen-bond acceptors (Lipinski definition) is 5. The third-order valence-electron chi connectivity index (χ3n) is 3.10. The molecule has 1 heterocycles. The monoisotopic (exact) mass is 361 g/mol. The van der Waals surface area contributed by atoms with Gasteiger partial charge in [0.25, 0.3) is 10.0 Å². The summed E-state index contributed by atoms with van der Waals surface area (Å²) < 4.78 is 37.3. The SMILES string of the molecule is COc1ccc(CN(C)S(=O)(=O)c2ccc(Cl)s2)c(OC)c1. The van der Waals surface area contributed by atoms with Crippen LogP contribution in [0.15, 0.2) is 34.5 Å². The molecule has 120 valence electrons. The van der Waals surface area contributed by atoms with Crippen LogP contribution in [0, 0.1) is 0 Å². The Morgan fingerprint density at radius 3 is 2.45 bits per heavy atom. The standard InChI is InChI=1S/C14H16ClNO4S2/c1-16(22(17,18)14-7-6-13(15)21-14)9-10-4-5-11(19-2)8-12(10)20-3/h4-8H,9H2,1-3H3. The van der Waals surface area contributed by atoms with E-state index in [1.807, 2.05) is 0 Å². The lowest BCUT2D eigenvalue weighted by Crippen LogP contribution is -2.26. The van der Waals surface area contributed by atoms with Crippen LogP contribution >= 0.6 is 22.9 Å². The van der Waals surface area contributed by atoms with Crippen molar-refractivity contribution in [2.24, 2.45) is 0 Å². The van der Waals surface area contributed by atoms with Crippen molar-refractivity contribution in [3.63, 3.8) is 0 Å². The fourth-order valence-electron chi connectivity index (χ4n) is 1.90. The summed E-state index contributed by atoms with van der Waals surface area (Å²) in [4.78, 5) is 0. The highest BCUT2D eigenvalue weighted by atomic mass is 35.5. The van der Waals surface area contributed by atoms with Crippen molar-refractivity contribution >= 4 is 33.0 Å². The zero-order chi connectivity index (χ0) is 16.3. The molecule has 0 radical (unpaired) electrons. The molecule has 1 aromatic carbocycles. The lowest BCUT2D eigenvalue weighted by molar-refractivity contribution is 0.384. The van der Waals surface area contributed by atoms with Gasteiger partial charge in [0, 0.05) is 25.2 Å². The van der Waals surface area contributed by atoms with E-state index in [1.165, 1.54) is 24.5 Å². The van der Waals surface area contributed by atoms with Crippen LogP contribution in [0.4, 0.5) is 0 Å². The number of halogens is 1. The largest absolute Gasteiger partial charge is 0.497 e. The van der Waals surface area contributed by atoms with E-state index in [0.29, 0.717) is 15.8 Å². The van der Waals surface area contributed by atoms with Gasteiger partial charge in [0.2, 0.25) is 0 Å². The van der Waals surface area contributed by atoms with Crippen molar-refractivity contribution in [3.8, 4) is 11.5 Å². The number of rotatable bonds is 6. The average molecular weight is 362 g/mol. The summed E-state index contributed by atoms with van der Waals surface area (Å²) in [5.74, 6) is 1.22. The predicted molar refractivity (Wildman–Crippen MR) is 87.5 cm³/mol. The van der Waals surface area contributed by atoms with Crippen LogP contribution < -0.4 is 9.47 Å². The van der Waals surface area contributed by atoms with E-state index in [2.05, 4.69) is 0 Å². The first kappa shape index (κ1) is 17.1. The van der Waals surface area contributed by atoms with E-state index >= 15 is 0 Å². The van der Waals surface area contributed by atoms with Gasteiger partial charge in [0.05, 0.1) is 18.6 Å². The normalized spacial score (nSPS) is 11.7. The Balaban J connectivity index is 2.27. The minimum atomic E-state index is -3.58. The number of methoxy groups -OCH3 is 2. The van der Waals surface area contributed by atoms with Gasteiger partial charge in [-0.3, -0.25) is 0 Å². The van der Waals surface area contributed by atoms with Crippen molar-refractivity contribution in [2.75, 3.05) is 21.3 Å². The molecule has 0 saturated carbocycles. The van der Waals surface area contributed by atoms with Crippen molar-refractivity contribution in [1.29, 1.82) is 0 Å². The van der Waals surface area contributed by atoms with Gasteiger partial charge < -0.3 is 9.47 Å². The van der Waals surface area contributed by atoms with E-state index in [-0.39, 0.29) is 10.8 Å². The number of nitrogens with zero attached hydrogens (tertiary/aromatic N) is 1. The average Bonchev–Trinajstić information content (AvgIpc) is 2.94. The molecule has 0 spiro atoms.